The molecule has 5 heteroatoms. The minimum Gasteiger partial charge on any atom is -0.398 e. The molecule has 0 spiro atoms. The van der Waals surface area contributed by atoms with E-state index in [1.54, 1.807) is 25.1 Å². The van der Waals surface area contributed by atoms with Crippen molar-refractivity contribution in [1.29, 1.82) is 0 Å². The van der Waals surface area contributed by atoms with Crippen LogP contribution in [0.2, 0.25) is 0 Å². The van der Waals surface area contributed by atoms with Gasteiger partial charge in [0.2, 0.25) is 0 Å². The number of nitrogens with two attached hydrogens (primary N) is 1. The van der Waals surface area contributed by atoms with Crippen molar-refractivity contribution in [3.05, 3.63) is 58.9 Å². The van der Waals surface area contributed by atoms with Crippen LogP contribution in [0.25, 0.3) is 0 Å². The van der Waals surface area contributed by atoms with E-state index in [1.807, 2.05) is 6.92 Å². The Bertz CT molecular complexity index is 734. The fourth-order valence-electron chi connectivity index (χ4n) is 2.14. The van der Waals surface area contributed by atoms with Gasteiger partial charge in [-0.1, -0.05) is 23.8 Å². The van der Waals surface area contributed by atoms with Crippen molar-refractivity contribution in [2.75, 3.05) is 5.73 Å². The normalized spacial score (nSPS) is 11.6. The second-order valence-electron chi connectivity index (χ2n) is 4.84. The fourth-order valence-corrected chi connectivity index (χ4v) is 3.81. The zero-order chi connectivity index (χ0) is 14.9. The highest BCUT2D eigenvalue weighted by Gasteiger charge is 2.21. The molecule has 2 aromatic rings. The summed E-state index contributed by atoms with van der Waals surface area (Å²) in [7, 11) is -3.63. The van der Waals surface area contributed by atoms with Crippen molar-refractivity contribution in [2.24, 2.45) is 0 Å². The summed E-state index contributed by atoms with van der Waals surface area (Å²) in [6.45, 7) is 3.61. The summed E-state index contributed by atoms with van der Waals surface area (Å²) < 4.78 is 38.5. The molecule has 0 fully saturated rings. The standard InChI is InChI=1S/C15H16FNO2S/c1-10-6-7-15(11(2)8-10)20(18,19)9-12-13(16)4-3-5-14(12)17/h3-8H,9,17H2,1-2H3. The lowest BCUT2D eigenvalue weighted by molar-refractivity contribution is 0.587. The first-order valence-corrected chi connectivity index (χ1v) is 7.79. The molecule has 2 rings (SSSR count). The molecule has 2 N–H and O–H groups in total. The van der Waals surface area contributed by atoms with E-state index in [-0.39, 0.29) is 16.1 Å². The maximum absolute atomic E-state index is 13.7. The third-order valence-corrected chi connectivity index (χ3v) is 4.95. The summed E-state index contributed by atoms with van der Waals surface area (Å²) in [6, 6.07) is 9.23. The molecule has 3 nitrogen and oxygen atoms in total. The van der Waals surface area contributed by atoms with Crippen LogP contribution in [0.3, 0.4) is 0 Å². The lowest BCUT2D eigenvalue weighted by Gasteiger charge is -2.11. The first kappa shape index (κ1) is 14.5. The summed E-state index contributed by atoms with van der Waals surface area (Å²) in [4.78, 5) is 0.214. The predicted octanol–water partition coefficient (Wildman–Crippen LogP) is 3.00. The van der Waals surface area contributed by atoms with Crippen LogP contribution in [0.15, 0.2) is 41.3 Å². The van der Waals surface area contributed by atoms with Crippen LogP contribution in [-0.2, 0) is 15.6 Å². The van der Waals surface area contributed by atoms with Gasteiger partial charge in [-0.2, -0.15) is 0 Å². The van der Waals surface area contributed by atoms with Crippen LogP contribution in [-0.4, -0.2) is 8.42 Å². The molecule has 0 atom stereocenters. The largest absolute Gasteiger partial charge is 0.398 e. The Morgan fingerprint density at radius 1 is 1.15 bits per heavy atom. The van der Waals surface area contributed by atoms with E-state index in [1.165, 1.54) is 18.2 Å². The molecule has 20 heavy (non-hydrogen) atoms. The topological polar surface area (TPSA) is 60.2 Å². The van der Waals surface area contributed by atoms with Crippen molar-refractivity contribution >= 4 is 15.5 Å². The van der Waals surface area contributed by atoms with Gasteiger partial charge in [0.1, 0.15) is 5.82 Å². The number of sulfone groups is 1. The lowest BCUT2D eigenvalue weighted by Crippen LogP contribution is -2.10. The second kappa shape index (κ2) is 5.25. The summed E-state index contributed by atoms with van der Waals surface area (Å²) in [5.74, 6) is -1.03. The van der Waals surface area contributed by atoms with Crippen LogP contribution in [0, 0.1) is 19.7 Å². The van der Waals surface area contributed by atoms with Gasteiger partial charge in [0.25, 0.3) is 0 Å². The third kappa shape index (κ3) is 2.82. The van der Waals surface area contributed by atoms with E-state index in [0.29, 0.717) is 5.56 Å². The molecule has 0 heterocycles. The summed E-state index contributed by atoms with van der Waals surface area (Å²) >= 11 is 0. The molecule has 0 aliphatic rings. The van der Waals surface area contributed by atoms with Gasteiger partial charge < -0.3 is 5.73 Å². The Morgan fingerprint density at radius 3 is 2.45 bits per heavy atom. The van der Waals surface area contributed by atoms with Gasteiger partial charge in [0.05, 0.1) is 10.6 Å². The molecule has 0 saturated carbocycles. The summed E-state index contributed by atoms with van der Waals surface area (Å²) in [5.41, 5.74) is 7.47. The second-order valence-corrected chi connectivity index (χ2v) is 6.79. The molecule has 0 amide bonds. The van der Waals surface area contributed by atoms with Gasteiger partial charge in [-0.15, -0.1) is 0 Å². The SMILES string of the molecule is Cc1ccc(S(=O)(=O)Cc2c(N)cccc2F)c(C)c1. The average molecular weight is 293 g/mol. The minimum absolute atomic E-state index is 0.0208. The zero-order valence-corrected chi connectivity index (χ0v) is 12.2. The number of anilines is 1. The zero-order valence-electron chi connectivity index (χ0n) is 11.4. The van der Waals surface area contributed by atoms with Crippen LogP contribution in [0.5, 0.6) is 0 Å². The molecule has 0 radical (unpaired) electrons. The Hall–Kier alpha value is -1.88. The number of rotatable bonds is 3. The van der Waals surface area contributed by atoms with Crippen molar-refractivity contribution < 1.29 is 12.8 Å². The maximum atomic E-state index is 13.7. The predicted molar refractivity (Wildman–Crippen MR) is 77.6 cm³/mol. The molecule has 2 aromatic carbocycles. The van der Waals surface area contributed by atoms with Gasteiger partial charge in [0.15, 0.2) is 9.84 Å². The number of hydrogen-bond acceptors (Lipinski definition) is 3. The van der Waals surface area contributed by atoms with E-state index >= 15 is 0 Å². The monoisotopic (exact) mass is 293 g/mol. The van der Waals surface area contributed by atoms with Crippen molar-refractivity contribution in [3.63, 3.8) is 0 Å². The fraction of sp³-hybridized carbons (Fsp3) is 0.200. The first-order valence-electron chi connectivity index (χ1n) is 6.14. The average Bonchev–Trinajstić information content (AvgIpc) is 2.33. The van der Waals surface area contributed by atoms with Crippen LogP contribution >= 0.6 is 0 Å². The maximum Gasteiger partial charge on any atom is 0.182 e. The molecule has 0 aromatic heterocycles. The van der Waals surface area contributed by atoms with Gasteiger partial charge in [0, 0.05) is 11.3 Å². The quantitative estimate of drug-likeness (QED) is 0.885. The smallest absolute Gasteiger partial charge is 0.182 e. The highest BCUT2D eigenvalue weighted by Crippen LogP contribution is 2.25. The summed E-state index contributed by atoms with van der Waals surface area (Å²) in [6.07, 6.45) is 0. The molecule has 0 aliphatic carbocycles. The Kier molecular flexibility index (Phi) is 3.81. The van der Waals surface area contributed by atoms with Crippen LogP contribution < -0.4 is 5.73 Å². The van der Waals surface area contributed by atoms with Crippen molar-refractivity contribution in [3.8, 4) is 0 Å². The van der Waals surface area contributed by atoms with Crippen LogP contribution in [0.4, 0.5) is 10.1 Å². The van der Waals surface area contributed by atoms with Crippen molar-refractivity contribution in [1.82, 2.24) is 0 Å². The molecule has 0 unspecified atom stereocenters. The Labute approximate surface area is 118 Å². The molecule has 0 saturated heterocycles. The Balaban J connectivity index is 2.46. The number of halogens is 1. The Morgan fingerprint density at radius 2 is 1.85 bits per heavy atom. The molecular formula is C15H16FNO2S. The summed E-state index contributed by atoms with van der Waals surface area (Å²) in [5, 5.41) is 0. The van der Waals surface area contributed by atoms with Crippen LogP contribution in [0.1, 0.15) is 16.7 Å². The van der Waals surface area contributed by atoms with E-state index in [2.05, 4.69) is 0 Å². The van der Waals surface area contributed by atoms with E-state index in [9.17, 15) is 12.8 Å². The molecule has 0 aliphatic heterocycles. The van der Waals surface area contributed by atoms with E-state index in [0.717, 1.165) is 5.56 Å². The highest BCUT2D eigenvalue weighted by atomic mass is 32.2. The van der Waals surface area contributed by atoms with E-state index < -0.39 is 21.4 Å². The van der Waals surface area contributed by atoms with Gasteiger partial charge in [-0.05, 0) is 37.6 Å². The first-order chi connectivity index (χ1) is 9.31. The lowest BCUT2D eigenvalue weighted by atomic mass is 10.2. The van der Waals surface area contributed by atoms with Gasteiger partial charge in [-0.3, -0.25) is 0 Å². The third-order valence-electron chi connectivity index (χ3n) is 3.15. The van der Waals surface area contributed by atoms with Gasteiger partial charge in [-0.25, -0.2) is 12.8 Å². The highest BCUT2D eigenvalue weighted by molar-refractivity contribution is 7.90. The molecule has 106 valence electrons. The molecule has 0 bridgehead atoms. The van der Waals surface area contributed by atoms with Crippen molar-refractivity contribution in [2.45, 2.75) is 24.5 Å². The number of aryl methyl sites for hydroxylation is 2. The van der Waals surface area contributed by atoms with Gasteiger partial charge >= 0.3 is 0 Å². The number of nitrogen functional groups attached to an aromatic ring is 1. The number of hydrogen-bond donors (Lipinski definition) is 1. The van der Waals surface area contributed by atoms with E-state index in [4.69, 9.17) is 5.73 Å². The molecular weight excluding hydrogens is 277 g/mol. The minimum atomic E-state index is -3.63. The number of benzene rings is 2.